The molecule has 2 heterocycles. The van der Waals surface area contributed by atoms with Crippen molar-refractivity contribution >= 4 is 11.7 Å². The van der Waals surface area contributed by atoms with Gasteiger partial charge in [-0.3, -0.25) is 4.79 Å². The van der Waals surface area contributed by atoms with E-state index in [9.17, 15) is 9.90 Å². The summed E-state index contributed by atoms with van der Waals surface area (Å²) < 4.78 is 5.65. The molecule has 6 nitrogen and oxygen atoms in total. The summed E-state index contributed by atoms with van der Waals surface area (Å²) in [6.07, 6.45) is 0.483. The Morgan fingerprint density at radius 3 is 2.83 bits per heavy atom. The van der Waals surface area contributed by atoms with Crippen molar-refractivity contribution in [2.45, 2.75) is 12.0 Å². The van der Waals surface area contributed by atoms with Gasteiger partial charge < -0.3 is 20.1 Å². The van der Waals surface area contributed by atoms with E-state index < -0.39 is 5.60 Å². The Morgan fingerprint density at radius 1 is 1.29 bits per heavy atom. The molecule has 1 saturated heterocycles. The highest BCUT2D eigenvalue weighted by Crippen LogP contribution is 2.24. The molecule has 1 aliphatic rings. The lowest BCUT2D eigenvalue weighted by Gasteiger charge is -2.23. The zero-order valence-electron chi connectivity index (χ0n) is 13.6. The van der Waals surface area contributed by atoms with E-state index in [1.165, 1.54) is 0 Å². The molecule has 126 valence electrons. The molecular weight excluding hydrogens is 306 g/mol. The summed E-state index contributed by atoms with van der Waals surface area (Å²) in [6.45, 7) is 0.883. The van der Waals surface area contributed by atoms with Crippen LogP contribution in [0.2, 0.25) is 0 Å². The monoisotopic (exact) mass is 327 g/mol. The molecule has 1 fully saturated rings. The number of anilines is 1. The normalized spacial score (nSPS) is 20.0. The Balaban J connectivity index is 1.62. The Bertz CT molecular complexity index is 708. The van der Waals surface area contributed by atoms with E-state index in [1.54, 1.807) is 30.1 Å². The molecule has 24 heavy (non-hydrogen) atoms. The number of nitrogens with zero attached hydrogens (tertiary/aromatic N) is 2. The van der Waals surface area contributed by atoms with Crippen LogP contribution in [-0.4, -0.2) is 53.2 Å². The standard InChI is InChI=1S/C18H21N3O3/c1-19-16-9-5-8-15(20-16)17(22)21-11-10-18(23,12-21)13-24-14-6-3-2-4-7-14/h2-9,23H,10-13H2,1H3,(H,19,20). The summed E-state index contributed by atoms with van der Waals surface area (Å²) in [5, 5.41) is 13.6. The van der Waals surface area contributed by atoms with Gasteiger partial charge in [0.05, 0.1) is 6.54 Å². The maximum absolute atomic E-state index is 12.6. The number of likely N-dealkylation sites (tertiary alicyclic amines) is 1. The fourth-order valence-corrected chi connectivity index (χ4v) is 2.74. The summed E-state index contributed by atoms with van der Waals surface area (Å²) in [5.41, 5.74) is -0.665. The average Bonchev–Trinajstić information content (AvgIpc) is 3.03. The highest BCUT2D eigenvalue weighted by atomic mass is 16.5. The summed E-state index contributed by atoms with van der Waals surface area (Å²) in [7, 11) is 1.76. The number of rotatable bonds is 5. The number of hydrogen-bond acceptors (Lipinski definition) is 5. The topological polar surface area (TPSA) is 74.7 Å². The molecule has 1 atom stereocenters. The van der Waals surface area contributed by atoms with Crippen molar-refractivity contribution in [3.63, 3.8) is 0 Å². The second kappa shape index (κ2) is 6.88. The van der Waals surface area contributed by atoms with Crippen LogP contribution in [0.25, 0.3) is 0 Å². The molecule has 2 N–H and O–H groups in total. The number of benzene rings is 1. The second-order valence-corrected chi connectivity index (χ2v) is 5.96. The van der Waals surface area contributed by atoms with Gasteiger partial charge in [0.2, 0.25) is 0 Å². The van der Waals surface area contributed by atoms with Crippen LogP contribution in [-0.2, 0) is 0 Å². The number of carbonyl (C=O) groups is 1. The molecule has 1 amide bonds. The second-order valence-electron chi connectivity index (χ2n) is 5.96. The largest absolute Gasteiger partial charge is 0.491 e. The van der Waals surface area contributed by atoms with Gasteiger partial charge in [0.15, 0.2) is 0 Å². The van der Waals surface area contributed by atoms with Crippen LogP contribution < -0.4 is 10.1 Å². The van der Waals surface area contributed by atoms with Crippen LogP contribution in [0.5, 0.6) is 5.75 Å². The molecule has 0 radical (unpaired) electrons. The van der Waals surface area contributed by atoms with E-state index >= 15 is 0 Å². The number of amides is 1. The van der Waals surface area contributed by atoms with Gasteiger partial charge in [-0.1, -0.05) is 24.3 Å². The van der Waals surface area contributed by atoms with Crippen LogP contribution in [0.15, 0.2) is 48.5 Å². The number of aliphatic hydroxyl groups is 1. The number of pyridine rings is 1. The average molecular weight is 327 g/mol. The maximum Gasteiger partial charge on any atom is 0.272 e. The van der Waals surface area contributed by atoms with Gasteiger partial charge in [0.1, 0.15) is 29.5 Å². The fourth-order valence-electron chi connectivity index (χ4n) is 2.74. The molecule has 3 rings (SSSR count). The van der Waals surface area contributed by atoms with Crippen LogP contribution in [0.1, 0.15) is 16.9 Å². The van der Waals surface area contributed by atoms with Gasteiger partial charge in [-0.15, -0.1) is 0 Å². The first-order valence-corrected chi connectivity index (χ1v) is 7.94. The summed E-state index contributed by atoms with van der Waals surface area (Å²) in [4.78, 5) is 18.4. The quantitative estimate of drug-likeness (QED) is 0.875. The van der Waals surface area contributed by atoms with Gasteiger partial charge in [-0.05, 0) is 30.7 Å². The van der Waals surface area contributed by atoms with E-state index in [4.69, 9.17) is 4.74 Å². The minimum Gasteiger partial charge on any atom is -0.491 e. The van der Waals surface area contributed by atoms with E-state index in [2.05, 4.69) is 10.3 Å². The first kappa shape index (κ1) is 16.3. The molecular formula is C18H21N3O3. The predicted octanol–water partition coefficient (Wildman–Crippen LogP) is 1.78. The molecule has 2 aromatic rings. The van der Waals surface area contributed by atoms with Crippen LogP contribution in [0.4, 0.5) is 5.82 Å². The third-order valence-electron chi connectivity index (χ3n) is 4.09. The molecule has 0 bridgehead atoms. The lowest BCUT2D eigenvalue weighted by molar-refractivity contribution is 0.00425. The Kier molecular flexibility index (Phi) is 4.66. The minimum atomic E-state index is -1.04. The Labute approximate surface area is 141 Å². The van der Waals surface area contributed by atoms with Gasteiger partial charge in [-0.25, -0.2) is 4.98 Å². The maximum atomic E-state index is 12.6. The van der Waals surface area contributed by atoms with E-state index in [0.29, 0.717) is 30.2 Å². The fraction of sp³-hybridized carbons (Fsp3) is 0.333. The number of ether oxygens (including phenoxy) is 1. The molecule has 1 aliphatic heterocycles. The van der Waals surface area contributed by atoms with Crippen LogP contribution in [0.3, 0.4) is 0 Å². The molecule has 0 spiro atoms. The zero-order valence-corrected chi connectivity index (χ0v) is 13.6. The van der Waals surface area contributed by atoms with Gasteiger partial charge >= 0.3 is 0 Å². The molecule has 1 aromatic carbocycles. The first-order chi connectivity index (χ1) is 11.6. The number of carbonyl (C=O) groups excluding carboxylic acids is 1. The van der Waals surface area contributed by atoms with Crippen molar-refractivity contribution < 1.29 is 14.6 Å². The Hall–Kier alpha value is -2.60. The van der Waals surface area contributed by atoms with Gasteiger partial charge in [0.25, 0.3) is 5.91 Å². The van der Waals surface area contributed by atoms with Gasteiger partial charge in [0, 0.05) is 13.6 Å². The molecule has 1 aromatic heterocycles. The lowest BCUT2D eigenvalue weighted by atomic mass is 10.1. The van der Waals surface area contributed by atoms with Crippen molar-refractivity contribution in [1.29, 1.82) is 0 Å². The molecule has 0 aliphatic carbocycles. The van der Waals surface area contributed by atoms with Crippen molar-refractivity contribution in [3.05, 3.63) is 54.2 Å². The smallest absolute Gasteiger partial charge is 0.272 e. The van der Waals surface area contributed by atoms with Crippen molar-refractivity contribution in [3.8, 4) is 5.75 Å². The van der Waals surface area contributed by atoms with E-state index in [1.807, 2.05) is 30.3 Å². The predicted molar refractivity (Wildman–Crippen MR) is 91.2 cm³/mol. The molecule has 1 unspecified atom stereocenters. The highest BCUT2D eigenvalue weighted by molar-refractivity contribution is 5.93. The van der Waals surface area contributed by atoms with Crippen LogP contribution >= 0.6 is 0 Å². The number of β-amino-alcohol motifs (C(OH)–C–C–N with tert-alkyl or cyclic N) is 1. The highest BCUT2D eigenvalue weighted by Gasteiger charge is 2.39. The summed E-state index contributed by atoms with van der Waals surface area (Å²) in [6, 6.07) is 14.6. The number of hydrogen-bond donors (Lipinski definition) is 2. The minimum absolute atomic E-state index is 0.158. The zero-order chi connectivity index (χ0) is 17.0. The molecule has 6 heteroatoms. The number of aromatic nitrogens is 1. The lowest BCUT2D eigenvalue weighted by Crippen LogP contribution is -2.40. The Morgan fingerprint density at radius 2 is 2.08 bits per heavy atom. The molecule has 0 saturated carbocycles. The number of nitrogens with one attached hydrogen (secondary N) is 1. The van der Waals surface area contributed by atoms with E-state index in [0.717, 1.165) is 0 Å². The number of para-hydroxylation sites is 1. The third-order valence-corrected chi connectivity index (χ3v) is 4.09. The SMILES string of the molecule is CNc1cccc(C(=O)N2CCC(O)(COc3ccccc3)C2)n1. The van der Waals surface area contributed by atoms with Crippen molar-refractivity contribution in [2.75, 3.05) is 32.1 Å². The van der Waals surface area contributed by atoms with Crippen molar-refractivity contribution in [2.24, 2.45) is 0 Å². The van der Waals surface area contributed by atoms with E-state index in [-0.39, 0.29) is 19.1 Å². The van der Waals surface area contributed by atoms with Crippen LogP contribution in [0, 0.1) is 0 Å². The van der Waals surface area contributed by atoms with Crippen molar-refractivity contribution in [1.82, 2.24) is 9.88 Å². The summed E-state index contributed by atoms with van der Waals surface area (Å²) in [5.74, 6) is 1.17. The summed E-state index contributed by atoms with van der Waals surface area (Å²) >= 11 is 0. The van der Waals surface area contributed by atoms with Gasteiger partial charge in [-0.2, -0.15) is 0 Å². The first-order valence-electron chi connectivity index (χ1n) is 7.94. The third kappa shape index (κ3) is 3.65.